The number of ether oxygens (including phenoxy) is 2. The molecule has 0 aromatic carbocycles. The Hall–Kier alpha value is -0.120. The van der Waals surface area contributed by atoms with E-state index in [2.05, 4.69) is 19.2 Å². The molecule has 19 heavy (non-hydrogen) atoms. The van der Waals surface area contributed by atoms with Gasteiger partial charge in [-0.2, -0.15) is 0 Å². The highest BCUT2D eigenvalue weighted by Crippen LogP contribution is 2.53. The van der Waals surface area contributed by atoms with Gasteiger partial charge in [0.25, 0.3) is 0 Å². The summed E-state index contributed by atoms with van der Waals surface area (Å²) < 4.78 is 11.7. The Labute approximate surface area is 117 Å². The summed E-state index contributed by atoms with van der Waals surface area (Å²) in [5, 5.41) is 3.79. The molecule has 1 saturated carbocycles. The van der Waals surface area contributed by atoms with E-state index in [0.717, 1.165) is 45.1 Å². The van der Waals surface area contributed by atoms with E-state index < -0.39 is 0 Å². The van der Waals surface area contributed by atoms with E-state index in [9.17, 15) is 0 Å². The Balaban J connectivity index is 1.69. The van der Waals surface area contributed by atoms with E-state index in [1.807, 2.05) is 0 Å². The first kappa shape index (κ1) is 13.8. The van der Waals surface area contributed by atoms with Crippen molar-refractivity contribution in [3.8, 4) is 0 Å². The maximum atomic E-state index is 6.19. The highest BCUT2D eigenvalue weighted by molar-refractivity contribution is 5.04. The Bertz CT molecular complexity index is 302. The molecule has 3 aliphatic rings. The van der Waals surface area contributed by atoms with Crippen molar-refractivity contribution < 1.29 is 9.47 Å². The normalized spacial score (nSPS) is 34.1. The molecule has 1 aliphatic carbocycles. The van der Waals surface area contributed by atoms with Gasteiger partial charge < -0.3 is 14.8 Å². The van der Waals surface area contributed by atoms with Crippen molar-refractivity contribution in [1.29, 1.82) is 0 Å². The van der Waals surface area contributed by atoms with Crippen molar-refractivity contribution >= 4 is 0 Å². The molecule has 2 unspecified atom stereocenters. The smallest absolute Gasteiger partial charge is 0.0729 e. The van der Waals surface area contributed by atoms with Gasteiger partial charge in [0.1, 0.15) is 0 Å². The first-order valence-corrected chi connectivity index (χ1v) is 8.13. The van der Waals surface area contributed by atoms with Crippen LogP contribution >= 0.6 is 0 Å². The molecular weight excluding hydrogens is 238 g/mol. The van der Waals surface area contributed by atoms with Crippen LogP contribution in [0.25, 0.3) is 0 Å². The Morgan fingerprint density at radius 1 is 1.16 bits per heavy atom. The van der Waals surface area contributed by atoms with Gasteiger partial charge in [0.15, 0.2) is 0 Å². The zero-order valence-electron chi connectivity index (χ0n) is 12.5. The molecule has 0 aromatic rings. The molecule has 0 amide bonds. The zero-order chi connectivity index (χ0) is 13.3. The zero-order valence-corrected chi connectivity index (χ0v) is 12.5. The molecule has 3 heteroatoms. The van der Waals surface area contributed by atoms with Crippen LogP contribution in [0.2, 0.25) is 0 Å². The summed E-state index contributed by atoms with van der Waals surface area (Å²) in [5.74, 6) is 0.791. The maximum absolute atomic E-state index is 6.19. The minimum Gasteiger partial charge on any atom is -0.381 e. The molecule has 3 fully saturated rings. The fourth-order valence-electron chi connectivity index (χ4n) is 4.15. The van der Waals surface area contributed by atoms with Gasteiger partial charge in [-0.25, -0.2) is 0 Å². The lowest BCUT2D eigenvalue weighted by molar-refractivity contribution is -0.152. The average molecular weight is 267 g/mol. The van der Waals surface area contributed by atoms with Crippen LogP contribution in [0.4, 0.5) is 0 Å². The van der Waals surface area contributed by atoms with Crippen molar-refractivity contribution in [1.82, 2.24) is 5.32 Å². The number of nitrogens with one attached hydrogen (secondary N) is 1. The van der Waals surface area contributed by atoms with Crippen LogP contribution in [0, 0.1) is 11.3 Å². The lowest BCUT2D eigenvalue weighted by atomic mass is 9.74. The highest BCUT2D eigenvalue weighted by atomic mass is 16.5. The van der Waals surface area contributed by atoms with Crippen molar-refractivity contribution in [3.05, 3.63) is 0 Å². The van der Waals surface area contributed by atoms with Crippen LogP contribution in [0.1, 0.15) is 52.4 Å². The molecule has 2 saturated heterocycles. The van der Waals surface area contributed by atoms with E-state index in [1.54, 1.807) is 0 Å². The summed E-state index contributed by atoms with van der Waals surface area (Å²) in [5.41, 5.74) is 0.699. The summed E-state index contributed by atoms with van der Waals surface area (Å²) in [4.78, 5) is 0. The van der Waals surface area contributed by atoms with Crippen LogP contribution in [0.5, 0.6) is 0 Å². The van der Waals surface area contributed by atoms with E-state index in [-0.39, 0.29) is 5.60 Å². The lowest BCUT2D eigenvalue weighted by Gasteiger charge is -2.46. The van der Waals surface area contributed by atoms with Crippen molar-refractivity contribution in [3.63, 3.8) is 0 Å². The molecule has 0 bridgehead atoms. The van der Waals surface area contributed by atoms with Gasteiger partial charge in [-0.05, 0) is 56.4 Å². The summed E-state index contributed by atoms with van der Waals surface area (Å²) in [6.07, 6.45) is 7.47. The Morgan fingerprint density at radius 3 is 2.53 bits per heavy atom. The fourth-order valence-corrected chi connectivity index (χ4v) is 4.15. The third-order valence-corrected chi connectivity index (χ3v) is 5.62. The monoisotopic (exact) mass is 267 g/mol. The predicted octanol–water partition coefficient (Wildman–Crippen LogP) is 2.74. The molecule has 2 aliphatic heterocycles. The summed E-state index contributed by atoms with van der Waals surface area (Å²) >= 11 is 0. The molecule has 110 valence electrons. The number of rotatable bonds is 4. The Morgan fingerprint density at radius 2 is 1.89 bits per heavy atom. The van der Waals surface area contributed by atoms with Gasteiger partial charge in [-0.3, -0.25) is 0 Å². The molecule has 0 aromatic heterocycles. The van der Waals surface area contributed by atoms with E-state index in [0.29, 0.717) is 11.5 Å². The van der Waals surface area contributed by atoms with Crippen LogP contribution in [0.3, 0.4) is 0 Å². The average Bonchev–Trinajstić information content (AvgIpc) is 3.16. The van der Waals surface area contributed by atoms with Crippen LogP contribution < -0.4 is 5.32 Å². The maximum Gasteiger partial charge on any atom is 0.0729 e. The van der Waals surface area contributed by atoms with E-state index >= 15 is 0 Å². The molecule has 0 radical (unpaired) electrons. The quantitative estimate of drug-likeness (QED) is 0.849. The van der Waals surface area contributed by atoms with Crippen LogP contribution in [0.15, 0.2) is 0 Å². The van der Waals surface area contributed by atoms with Gasteiger partial charge in [-0.1, -0.05) is 13.8 Å². The summed E-state index contributed by atoms with van der Waals surface area (Å²) in [7, 11) is 0. The minimum absolute atomic E-state index is 0.139. The van der Waals surface area contributed by atoms with Crippen molar-refractivity contribution in [2.75, 3.05) is 26.4 Å². The standard InChI is InChI=1S/C16H29NO2/c1-3-17-14(15(2)5-6-15)13-4-9-19-16(12-13)7-10-18-11-8-16/h13-14,17H,3-12H2,1-2H3. The summed E-state index contributed by atoms with van der Waals surface area (Å²) in [6, 6.07) is 0.695. The van der Waals surface area contributed by atoms with E-state index in [4.69, 9.17) is 9.47 Å². The highest BCUT2D eigenvalue weighted by Gasteiger charge is 2.50. The SMILES string of the molecule is CCNC(C1CCOC2(CCOCC2)C1)C1(C)CC1. The minimum atomic E-state index is 0.139. The molecule has 1 spiro atoms. The van der Waals surface area contributed by atoms with Crippen LogP contribution in [-0.2, 0) is 9.47 Å². The molecule has 3 nitrogen and oxygen atoms in total. The molecule has 2 atom stereocenters. The van der Waals surface area contributed by atoms with Crippen molar-refractivity contribution in [2.24, 2.45) is 11.3 Å². The van der Waals surface area contributed by atoms with Gasteiger partial charge in [-0.15, -0.1) is 0 Å². The second kappa shape index (κ2) is 5.34. The molecule has 2 heterocycles. The molecular formula is C16H29NO2. The first-order valence-electron chi connectivity index (χ1n) is 8.13. The molecule has 1 N–H and O–H groups in total. The Kier molecular flexibility index (Phi) is 3.89. The topological polar surface area (TPSA) is 30.5 Å². The third kappa shape index (κ3) is 2.84. The van der Waals surface area contributed by atoms with E-state index in [1.165, 1.54) is 25.7 Å². The van der Waals surface area contributed by atoms with Crippen LogP contribution in [-0.4, -0.2) is 38.0 Å². The van der Waals surface area contributed by atoms with Gasteiger partial charge in [0.2, 0.25) is 0 Å². The van der Waals surface area contributed by atoms with Gasteiger partial charge >= 0.3 is 0 Å². The number of hydrogen-bond donors (Lipinski definition) is 1. The predicted molar refractivity (Wildman–Crippen MR) is 76.3 cm³/mol. The second-order valence-electron chi connectivity index (χ2n) is 7.09. The largest absolute Gasteiger partial charge is 0.381 e. The molecule has 3 rings (SSSR count). The summed E-state index contributed by atoms with van der Waals surface area (Å²) in [6.45, 7) is 8.51. The first-order chi connectivity index (χ1) is 9.18. The van der Waals surface area contributed by atoms with Gasteiger partial charge in [0.05, 0.1) is 5.60 Å². The third-order valence-electron chi connectivity index (χ3n) is 5.62. The van der Waals surface area contributed by atoms with Crippen molar-refractivity contribution in [2.45, 2.75) is 64.0 Å². The fraction of sp³-hybridized carbons (Fsp3) is 1.00. The second-order valence-corrected chi connectivity index (χ2v) is 7.09. The lowest BCUT2D eigenvalue weighted by Crippen LogP contribution is -2.51. The number of hydrogen-bond acceptors (Lipinski definition) is 3. The van der Waals surface area contributed by atoms with Gasteiger partial charge in [0, 0.05) is 25.9 Å².